The molecule has 0 saturated heterocycles. The first kappa shape index (κ1) is 12.2. The van der Waals surface area contributed by atoms with Crippen molar-refractivity contribution in [3.8, 4) is 11.5 Å². The quantitative estimate of drug-likeness (QED) is 0.549. The normalized spacial score (nSPS) is 10.6. The van der Waals surface area contributed by atoms with Gasteiger partial charge >= 0.3 is 0 Å². The molecule has 3 rings (SSSR count). The van der Waals surface area contributed by atoms with Crippen molar-refractivity contribution in [2.45, 2.75) is 0 Å². The standard InChI is InChI=1S/C15H11IN2O/c16-10-3-5-11(6-4-10)19-14-8-7-13-12(15(14)17)2-1-9-18-13/h1-9H,17H2. The molecule has 4 heteroatoms. The molecule has 0 fully saturated rings. The number of halogens is 1. The van der Waals surface area contributed by atoms with E-state index in [1.165, 1.54) is 3.57 Å². The van der Waals surface area contributed by atoms with Crippen LogP contribution in [0.3, 0.4) is 0 Å². The van der Waals surface area contributed by atoms with Gasteiger partial charge in [0.15, 0.2) is 5.75 Å². The van der Waals surface area contributed by atoms with Crippen LogP contribution in [-0.2, 0) is 0 Å². The predicted octanol–water partition coefficient (Wildman–Crippen LogP) is 4.21. The van der Waals surface area contributed by atoms with E-state index < -0.39 is 0 Å². The minimum atomic E-state index is 0.615. The number of rotatable bonds is 2. The summed E-state index contributed by atoms with van der Waals surface area (Å²) >= 11 is 2.26. The van der Waals surface area contributed by atoms with Gasteiger partial charge < -0.3 is 10.5 Å². The van der Waals surface area contributed by atoms with Gasteiger partial charge in [-0.05, 0) is 71.1 Å². The molecule has 94 valence electrons. The molecule has 3 aromatic rings. The lowest BCUT2D eigenvalue weighted by atomic mass is 10.1. The Labute approximate surface area is 124 Å². The van der Waals surface area contributed by atoms with Gasteiger partial charge in [-0.2, -0.15) is 0 Å². The van der Waals surface area contributed by atoms with Crippen LogP contribution in [0.25, 0.3) is 10.9 Å². The zero-order chi connectivity index (χ0) is 13.2. The number of nitrogens with zero attached hydrogens (tertiary/aromatic N) is 1. The maximum Gasteiger partial charge on any atom is 0.151 e. The number of anilines is 1. The number of nitrogen functional groups attached to an aromatic ring is 1. The zero-order valence-electron chi connectivity index (χ0n) is 10.0. The molecule has 0 aliphatic heterocycles. The van der Waals surface area contributed by atoms with Crippen LogP contribution in [0.15, 0.2) is 54.7 Å². The molecule has 0 radical (unpaired) electrons. The summed E-state index contributed by atoms with van der Waals surface area (Å²) in [5.41, 5.74) is 7.62. The van der Waals surface area contributed by atoms with Crippen LogP contribution in [0.5, 0.6) is 11.5 Å². The summed E-state index contributed by atoms with van der Waals surface area (Å²) in [5.74, 6) is 1.43. The van der Waals surface area contributed by atoms with Crippen molar-refractivity contribution in [1.29, 1.82) is 0 Å². The fraction of sp³-hybridized carbons (Fsp3) is 0. The molecular formula is C15H11IN2O. The summed E-state index contributed by atoms with van der Waals surface area (Å²) in [5, 5.41) is 0.908. The van der Waals surface area contributed by atoms with E-state index in [2.05, 4.69) is 27.6 Å². The van der Waals surface area contributed by atoms with Crippen molar-refractivity contribution in [3.05, 3.63) is 58.3 Å². The lowest BCUT2D eigenvalue weighted by molar-refractivity contribution is 0.485. The van der Waals surface area contributed by atoms with Crippen molar-refractivity contribution < 1.29 is 4.74 Å². The molecule has 2 N–H and O–H groups in total. The largest absolute Gasteiger partial charge is 0.455 e. The highest BCUT2D eigenvalue weighted by Gasteiger charge is 2.06. The maximum atomic E-state index is 6.13. The predicted molar refractivity (Wildman–Crippen MR) is 85.4 cm³/mol. The van der Waals surface area contributed by atoms with Crippen molar-refractivity contribution in [2.75, 3.05) is 5.73 Å². The van der Waals surface area contributed by atoms with Gasteiger partial charge in [-0.15, -0.1) is 0 Å². The molecule has 1 heterocycles. The number of hydrogen-bond acceptors (Lipinski definition) is 3. The van der Waals surface area contributed by atoms with Gasteiger partial charge in [-0.25, -0.2) is 0 Å². The summed E-state index contributed by atoms with van der Waals surface area (Å²) in [6.45, 7) is 0. The van der Waals surface area contributed by atoms with Crippen molar-refractivity contribution in [3.63, 3.8) is 0 Å². The van der Waals surface area contributed by atoms with Crippen LogP contribution in [0.4, 0.5) is 5.69 Å². The Kier molecular flexibility index (Phi) is 3.25. The van der Waals surface area contributed by atoms with Crippen molar-refractivity contribution in [2.24, 2.45) is 0 Å². The molecule has 0 atom stereocenters. The maximum absolute atomic E-state index is 6.13. The minimum absolute atomic E-state index is 0.615. The van der Waals surface area contributed by atoms with E-state index in [1.807, 2.05) is 48.5 Å². The van der Waals surface area contributed by atoms with Crippen LogP contribution in [-0.4, -0.2) is 4.98 Å². The molecule has 0 aliphatic carbocycles. The minimum Gasteiger partial charge on any atom is -0.455 e. The number of ether oxygens (including phenoxy) is 1. The molecule has 0 saturated carbocycles. The molecule has 0 unspecified atom stereocenters. The topological polar surface area (TPSA) is 48.1 Å². The lowest BCUT2D eigenvalue weighted by Gasteiger charge is -2.10. The van der Waals surface area contributed by atoms with Gasteiger partial charge in [0, 0.05) is 15.2 Å². The highest BCUT2D eigenvalue weighted by Crippen LogP contribution is 2.32. The van der Waals surface area contributed by atoms with Gasteiger partial charge in [0.1, 0.15) is 5.75 Å². The fourth-order valence-electron chi connectivity index (χ4n) is 1.87. The third-order valence-electron chi connectivity index (χ3n) is 2.83. The number of hydrogen-bond donors (Lipinski definition) is 1. The Bertz CT molecular complexity index is 726. The molecule has 1 aromatic heterocycles. The zero-order valence-corrected chi connectivity index (χ0v) is 12.2. The van der Waals surface area contributed by atoms with E-state index in [9.17, 15) is 0 Å². The number of benzene rings is 2. The van der Waals surface area contributed by atoms with Gasteiger partial charge in [0.25, 0.3) is 0 Å². The summed E-state index contributed by atoms with van der Waals surface area (Å²) in [7, 11) is 0. The first-order valence-electron chi connectivity index (χ1n) is 5.81. The highest BCUT2D eigenvalue weighted by atomic mass is 127. The van der Waals surface area contributed by atoms with Crippen LogP contribution in [0.2, 0.25) is 0 Å². The first-order valence-corrected chi connectivity index (χ1v) is 6.88. The van der Waals surface area contributed by atoms with E-state index in [0.29, 0.717) is 11.4 Å². The molecule has 3 nitrogen and oxygen atoms in total. The average molecular weight is 362 g/mol. The number of fused-ring (bicyclic) bond motifs is 1. The van der Waals surface area contributed by atoms with E-state index in [4.69, 9.17) is 10.5 Å². The summed E-state index contributed by atoms with van der Waals surface area (Å²) in [4.78, 5) is 4.27. The molecule has 0 bridgehead atoms. The highest BCUT2D eigenvalue weighted by molar-refractivity contribution is 14.1. The smallest absolute Gasteiger partial charge is 0.151 e. The van der Waals surface area contributed by atoms with Crippen LogP contribution >= 0.6 is 22.6 Å². The molecule has 19 heavy (non-hydrogen) atoms. The SMILES string of the molecule is Nc1c(Oc2ccc(I)cc2)ccc2ncccc12. The van der Waals surface area contributed by atoms with E-state index in [1.54, 1.807) is 6.20 Å². The number of aromatic nitrogens is 1. The summed E-state index contributed by atoms with van der Waals surface area (Å²) < 4.78 is 6.98. The molecular weight excluding hydrogens is 351 g/mol. The van der Waals surface area contributed by atoms with Gasteiger partial charge in [0.2, 0.25) is 0 Å². The third-order valence-corrected chi connectivity index (χ3v) is 3.55. The Morgan fingerprint density at radius 3 is 2.58 bits per heavy atom. The Hall–Kier alpha value is -1.82. The van der Waals surface area contributed by atoms with Gasteiger partial charge in [-0.3, -0.25) is 4.98 Å². The average Bonchev–Trinajstić information content (AvgIpc) is 2.45. The second kappa shape index (κ2) is 5.05. The first-order chi connectivity index (χ1) is 9.24. The Morgan fingerprint density at radius 1 is 1.00 bits per heavy atom. The summed E-state index contributed by atoms with van der Waals surface area (Å²) in [6.07, 6.45) is 1.75. The van der Waals surface area contributed by atoms with E-state index in [-0.39, 0.29) is 0 Å². The van der Waals surface area contributed by atoms with Crippen molar-refractivity contribution >= 4 is 39.2 Å². The van der Waals surface area contributed by atoms with E-state index >= 15 is 0 Å². The van der Waals surface area contributed by atoms with Crippen LogP contribution in [0.1, 0.15) is 0 Å². The monoisotopic (exact) mass is 362 g/mol. The van der Waals surface area contributed by atoms with Crippen molar-refractivity contribution in [1.82, 2.24) is 4.98 Å². The van der Waals surface area contributed by atoms with Crippen LogP contribution < -0.4 is 10.5 Å². The second-order valence-corrected chi connectivity index (χ2v) is 5.35. The number of nitrogens with two attached hydrogens (primary N) is 1. The molecule has 0 aliphatic rings. The summed E-state index contributed by atoms with van der Waals surface area (Å²) in [6, 6.07) is 15.4. The number of pyridine rings is 1. The third kappa shape index (κ3) is 2.49. The molecule has 0 spiro atoms. The van der Waals surface area contributed by atoms with E-state index in [0.717, 1.165) is 16.7 Å². The fourth-order valence-corrected chi connectivity index (χ4v) is 2.23. The molecule has 2 aromatic carbocycles. The van der Waals surface area contributed by atoms with Crippen LogP contribution in [0, 0.1) is 3.57 Å². The van der Waals surface area contributed by atoms with Gasteiger partial charge in [0.05, 0.1) is 11.2 Å². The Morgan fingerprint density at radius 2 is 1.79 bits per heavy atom. The van der Waals surface area contributed by atoms with Gasteiger partial charge in [-0.1, -0.05) is 0 Å². The molecule has 0 amide bonds. The lowest BCUT2D eigenvalue weighted by Crippen LogP contribution is -1.94. The second-order valence-electron chi connectivity index (χ2n) is 4.10. The Balaban J connectivity index is 2.01.